The maximum atomic E-state index is 11.3. The number of carbonyl (C=O) groups excluding carboxylic acids is 1. The first-order chi connectivity index (χ1) is 6.27. The van der Waals surface area contributed by atoms with Gasteiger partial charge in [0.15, 0.2) is 0 Å². The Kier molecular flexibility index (Phi) is 2.54. The number of rotatable bonds is 3. The van der Waals surface area contributed by atoms with Gasteiger partial charge in [-0.05, 0) is 25.2 Å². The average Bonchev–Trinajstić information content (AvgIpc) is 2.68. The molecule has 3 nitrogen and oxygen atoms in total. The Bertz CT molecular complexity index is 199. The Morgan fingerprint density at radius 2 is 2.00 bits per heavy atom. The second kappa shape index (κ2) is 3.66. The van der Waals surface area contributed by atoms with Crippen molar-refractivity contribution in [3.63, 3.8) is 0 Å². The minimum atomic E-state index is 0.0828. The topological polar surface area (TPSA) is 38.3 Å². The fourth-order valence-corrected chi connectivity index (χ4v) is 1.91. The SMILES string of the molecule is C[C@@H]1C[C@H]1C(=O)NOC1CCCC1. The highest BCUT2D eigenvalue weighted by atomic mass is 16.7. The highest BCUT2D eigenvalue weighted by Crippen LogP contribution is 2.37. The zero-order valence-electron chi connectivity index (χ0n) is 8.08. The lowest BCUT2D eigenvalue weighted by molar-refractivity contribution is -0.139. The molecule has 0 heterocycles. The third-order valence-electron chi connectivity index (χ3n) is 3.07. The van der Waals surface area contributed by atoms with Gasteiger partial charge >= 0.3 is 0 Å². The van der Waals surface area contributed by atoms with Gasteiger partial charge in [-0.25, -0.2) is 5.48 Å². The molecular weight excluding hydrogens is 166 g/mol. The summed E-state index contributed by atoms with van der Waals surface area (Å²) in [4.78, 5) is 16.7. The lowest BCUT2D eigenvalue weighted by atomic mass is 10.3. The van der Waals surface area contributed by atoms with Gasteiger partial charge in [-0.3, -0.25) is 9.63 Å². The fraction of sp³-hybridized carbons (Fsp3) is 0.900. The molecule has 1 amide bonds. The smallest absolute Gasteiger partial charge is 0.246 e. The molecule has 0 spiro atoms. The van der Waals surface area contributed by atoms with Crippen molar-refractivity contribution in [2.24, 2.45) is 11.8 Å². The summed E-state index contributed by atoms with van der Waals surface area (Å²) in [5, 5.41) is 0. The van der Waals surface area contributed by atoms with Crippen molar-refractivity contribution < 1.29 is 9.63 Å². The second-order valence-corrected chi connectivity index (χ2v) is 4.31. The van der Waals surface area contributed by atoms with Gasteiger partial charge in [0.1, 0.15) is 0 Å². The fourth-order valence-electron chi connectivity index (χ4n) is 1.91. The standard InChI is InChI=1S/C10H17NO2/c1-7-6-9(7)10(12)11-13-8-4-2-3-5-8/h7-9H,2-6H2,1H3,(H,11,12)/t7-,9-/m1/s1. The predicted octanol–water partition coefficient (Wildman–Crippen LogP) is 1.63. The quantitative estimate of drug-likeness (QED) is 0.675. The van der Waals surface area contributed by atoms with Gasteiger partial charge < -0.3 is 0 Å². The van der Waals surface area contributed by atoms with E-state index >= 15 is 0 Å². The molecule has 2 atom stereocenters. The molecule has 13 heavy (non-hydrogen) atoms. The molecule has 0 saturated heterocycles. The summed E-state index contributed by atoms with van der Waals surface area (Å²) in [5.74, 6) is 0.869. The number of hydrogen-bond acceptors (Lipinski definition) is 2. The van der Waals surface area contributed by atoms with Crippen LogP contribution in [0.3, 0.4) is 0 Å². The van der Waals surface area contributed by atoms with Crippen molar-refractivity contribution in [1.29, 1.82) is 0 Å². The summed E-state index contributed by atoms with van der Waals surface area (Å²) in [7, 11) is 0. The van der Waals surface area contributed by atoms with Crippen LogP contribution in [0.15, 0.2) is 0 Å². The minimum Gasteiger partial charge on any atom is -0.272 e. The van der Waals surface area contributed by atoms with E-state index in [4.69, 9.17) is 4.84 Å². The first-order valence-corrected chi connectivity index (χ1v) is 5.23. The molecule has 0 aliphatic heterocycles. The molecule has 3 heteroatoms. The maximum absolute atomic E-state index is 11.3. The summed E-state index contributed by atoms with van der Waals surface area (Å²) >= 11 is 0. The van der Waals surface area contributed by atoms with E-state index in [-0.39, 0.29) is 17.9 Å². The number of nitrogens with one attached hydrogen (secondary N) is 1. The lowest BCUT2D eigenvalue weighted by Crippen LogP contribution is -2.29. The van der Waals surface area contributed by atoms with Gasteiger partial charge in [0.05, 0.1) is 6.10 Å². The minimum absolute atomic E-state index is 0.0828. The average molecular weight is 183 g/mol. The van der Waals surface area contributed by atoms with E-state index in [2.05, 4.69) is 12.4 Å². The van der Waals surface area contributed by atoms with Gasteiger partial charge in [-0.15, -0.1) is 0 Å². The molecule has 2 fully saturated rings. The maximum Gasteiger partial charge on any atom is 0.246 e. The van der Waals surface area contributed by atoms with Crippen molar-refractivity contribution in [2.45, 2.75) is 45.1 Å². The number of hydroxylamine groups is 1. The summed E-state index contributed by atoms with van der Waals surface area (Å²) < 4.78 is 0. The number of carbonyl (C=O) groups is 1. The van der Waals surface area contributed by atoms with E-state index in [1.165, 1.54) is 12.8 Å². The molecule has 2 rings (SSSR count). The van der Waals surface area contributed by atoms with Crippen molar-refractivity contribution in [2.75, 3.05) is 0 Å². The Morgan fingerprint density at radius 3 is 2.54 bits per heavy atom. The summed E-state index contributed by atoms with van der Waals surface area (Å²) in [6.07, 6.45) is 5.97. The van der Waals surface area contributed by atoms with Crippen molar-refractivity contribution >= 4 is 5.91 Å². The van der Waals surface area contributed by atoms with Crippen LogP contribution in [0.25, 0.3) is 0 Å². The number of hydrogen-bond donors (Lipinski definition) is 1. The van der Waals surface area contributed by atoms with Crippen LogP contribution in [0.5, 0.6) is 0 Å². The number of amides is 1. The normalized spacial score (nSPS) is 33.3. The molecule has 2 aliphatic carbocycles. The molecule has 74 valence electrons. The van der Waals surface area contributed by atoms with Crippen LogP contribution in [0.4, 0.5) is 0 Å². The van der Waals surface area contributed by atoms with E-state index in [1.807, 2.05) is 0 Å². The monoisotopic (exact) mass is 183 g/mol. The largest absolute Gasteiger partial charge is 0.272 e. The molecule has 1 N–H and O–H groups in total. The third kappa shape index (κ3) is 2.21. The Morgan fingerprint density at radius 1 is 1.38 bits per heavy atom. The van der Waals surface area contributed by atoms with Crippen LogP contribution in [-0.4, -0.2) is 12.0 Å². The van der Waals surface area contributed by atoms with Crippen LogP contribution in [0, 0.1) is 11.8 Å². The molecule has 0 aromatic rings. The molecule has 2 aliphatic rings. The Hall–Kier alpha value is -0.570. The first kappa shape index (κ1) is 9.00. The highest BCUT2D eigenvalue weighted by Gasteiger charge is 2.39. The van der Waals surface area contributed by atoms with Crippen LogP contribution in [-0.2, 0) is 9.63 Å². The van der Waals surface area contributed by atoms with Crippen molar-refractivity contribution in [1.82, 2.24) is 5.48 Å². The zero-order chi connectivity index (χ0) is 9.26. The lowest BCUT2D eigenvalue weighted by Gasteiger charge is -2.10. The molecule has 0 bridgehead atoms. The zero-order valence-corrected chi connectivity index (χ0v) is 8.08. The van der Waals surface area contributed by atoms with Crippen LogP contribution >= 0.6 is 0 Å². The molecular formula is C10H17NO2. The van der Waals surface area contributed by atoms with Crippen molar-refractivity contribution in [3.05, 3.63) is 0 Å². The van der Waals surface area contributed by atoms with E-state index in [0.717, 1.165) is 19.3 Å². The molecule has 2 saturated carbocycles. The second-order valence-electron chi connectivity index (χ2n) is 4.31. The third-order valence-corrected chi connectivity index (χ3v) is 3.07. The van der Waals surface area contributed by atoms with E-state index in [1.54, 1.807) is 0 Å². The molecule has 0 unspecified atom stereocenters. The molecule has 0 radical (unpaired) electrons. The highest BCUT2D eigenvalue weighted by molar-refractivity contribution is 5.80. The van der Waals surface area contributed by atoms with Gasteiger partial charge in [0, 0.05) is 5.92 Å². The predicted molar refractivity (Wildman–Crippen MR) is 48.8 cm³/mol. The van der Waals surface area contributed by atoms with Crippen LogP contribution in [0.2, 0.25) is 0 Å². The van der Waals surface area contributed by atoms with Crippen molar-refractivity contribution in [3.8, 4) is 0 Å². The van der Waals surface area contributed by atoms with Gasteiger partial charge in [-0.2, -0.15) is 0 Å². The summed E-state index contributed by atoms with van der Waals surface area (Å²) in [5.41, 5.74) is 2.58. The van der Waals surface area contributed by atoms with Gasteiger partial charge in [0.2, 0.25) is 5.91 Å². The van der Waals surface area contributed by atoms with E-state index < -0.39 is 0 Å². The van der Waals surface area contributed by atoms with Gasteiger partial charge in [-0.1, -0.05) is 19.8 Å². The first-order valence-electron chi connectivity index (χ1n) is 5.23. The van der Waals surface area contributed by atoms with Crippen LogP contribution < -0.4 is 5.48 Å². The Labute approximate surface area is 78.8 Å². The Balaban J connectivity index is 1.64. The van der Waals surface area contributed by atoms with Gasteiger partial charge in [0.25, 0.3) is 0 Å². The van der Waals surface area contributed by atoms with Crippen LogP contribution in [0.1, 0.15) is 39.0 Å². The summed E-state index contributed by atoms with van der Waals surface area (Å²) in [6.45, 7) is 2.10. The molecule has 0 aromatic carbocycles. The summed E-state index contributed by atoms with van der Waals surface area (Å²) in [6, 6.07) is 0. The van der Waals surface area contributed by atoms with E-state index in [9.17, 15) is 4.79 Å². The van der Waals surface area contributed by atoms with E-state index in [0.29, 0.717) is 5.92 Å². The molecule has 0 aromatic heterocycles.